The van der Waals surface area contributed by atoms with Crippen LogP contribution in [0.3, 0.4) is 0 Å². The van der Waals surface area contributed by atoms with Crippen molar-refractivity contribution in [3.63, 3.8) is 0 Å². The number of hydrogen-bond donors (Lipinski definition) is 1. The number of nitrogens with zero attached hydrogens (tertiary/aromatic N) is 2. The summed E-state index contributed by atoms with van der Waals surface area (Å²) in [5, 5.41) is 12.2. The molecule has 1 N–H and O–H groups in total. The Kier molecular flexibility index (Phi) is 1.88. The minimum atomic E-state index is -2.82. The summed E-state index contributed by atoms with van der Waals surface area (Å²) in [5.74, 6) is -4.04. The highest BCUT2D eigenvalue weighted by Gasteiger charge is 2.41. The van der Waals surface area contributed by atoms with Gasteiger partial charge in [-0.15, -0.1) is 0 Å². The predicted octanol–water partition coefficient (Wildman–Crippen LogP) is 1.54. The first-order valence-corrected chi connectivity index (χ1v) is 4.56. The van der Waals surface area contributed by atoms with Gasteiger partial charge in [-0.3, -0.25) is 4.68 Å². The molecule has 2 rings (SSSR count). The number of aromatic nitrogens is 2. The maximum absolute atomic E-state index is 12.9. The molecule has 0 aliphatic carbocycles. The van der Waals surface area contributed by atoms with Crippen molar-refractivity contribution < 1.29 is 18.7 Å². The van der Waals surface area contributed by atoms with Crippen molar-refractivity contribution in [1.82, 2.24) is 9.78 Å². The zero-order chi connectivity index (χ0) is 10.5. The van der Waals surface area contributed by atoms with Gasteiger partial charge < -0.3 is 5.11 Å². The van der Waals surface area contributed by atoms with Crippen molar-refractivity contribution in [2.24, 2.45) is 0 Å². The fourth-order valence-electron chi connectivity index (χ4n) is 1.43. The van der Waals surface area contributed by atoms with Gasteiger partial charge in [0.2, 0.25) is 0 Å². The summed E-state index contributed by atoms with van der Waals surface area (Å²) in [7, 11) is 0. The van der Waals surface area contributed by atoms with E-state index in [4.69, 9.17) is 5.11 Å². The van der Waals surface area contributed by atoms with E-state index in [1.54, 1.807) is 0 Å². The molecule has 14 heavy (non-hydrogen) atoms. The van der Waals surface area contributed by atoms with E-state index in [1.165, 1.54) is 0 Å². The van der Waals surface area contributed by atoms with Crippen LogP contribution in [0.5, 0.6) is 0 Å². The smallest absolute Gasteiger partial charge is 0.357 e. The first-order valence-electron chi connectivity index (χ1n) is 3.77. The summed E-state index contributed by atoms with van der Waals surface area (Å²) in [4.78, 5) is 10.6. The van der Waals surface area contributed by atoms with Gasteiger partial charge in [0.25, 0.3) is 5.92 Å². The van der Waals surface area contributed by atoms with E-state index in [9.17, 15) is 13.6 Å². The predicted molar refractivity (Wildman–Crippen MR) is 45.5 cm³/mol. The molecule has 0 saturated carbocycles. The lowest BCUT2D eigenvalue weighted by Crippen LogP contribution is -2.18. The second kappa shape index (κ2) is 2.75. The van der Waals surface area contributed by atoms with E-state index in [0.29, 0.717) is 0 Å². The Balaban J connectivity index is 2.46. The number of alkyl halides is 2. The van der Waals surface area contributed by atoms with Crippen molar-refractivity contribution >= 4 is 21.9 Å². The van der Waals surface area contributed by atoms with Crippen LogP contribution >= 0.6 is 15.9 Å². The van der Waals surface area contributed by atoms with Crippen LogP contribution in [0.15, 0.2) is 4.47 Å². The fourth-order valence-corrected chi connectivity index (χ4v) is 2.03. The highest BCUT2D eigenvalue weighted by Crippen LogP contribution is 2.35. The van der Waals surface area contributed by atoms with Gasteiger partial charge in [0.15, 0.2) is 5.69 Å². The molecule has 0 spiro atoms. The van der Waals surface area contributed by atoms with E-state index >= 15 is 0 Å². The number of carboxylic acid groups (broad SMARTS) is 1. The molecule has 2 heterocycles. The highest BCUT2D eigenvalue weighted by atomic mass is 79.9. The summed E-state index contributed by atoms with van der Waals surface area (Å²) in [6.45, 7) is -0.547. The number of carboxylic acids is 1. The average Bonchev–Trinajstić information content (AvgIpc) is 2.46. The van der Waals surface area contributed by atoms with Crippen LogP contribution in [0.25, 0.3) is 0 Å². The zero-order valence-electron chi connectivity index (χ0n) is 6.80. The third kappa shape index (κ3) is 1.31. The standard InChI is InChI=1S/C7H5BrF2N2O2/c8-4-3-1-7(9,10)2-12(3)11-5(4)6(13)14/h1-2H2,(H,13,14). The Morgan fingerprint density at radius 1 is 1.64 bits per heavy atom. The van der Waals surface area contributed by atoms with Crippen molar-refractivity contribution in [1.29, 1.82) is 0 Å². The molecule has 0 fully saturated rings. The number of rotatable bonds is 1. The van der Waals surface area contributed by atoms with Crippen LogP contribution in [0.4, 0.5) is 8.78 Å². The number of hydrogen-bond acceptors (Lipinski definition) is 2. The second-order valence-electron chi connectivity index (χ2n) is 3.10. The third-order valence-corrected chi connectivity index (χ3v) is 2.84. The molecule has 0 amide bonds. The summed E-state index contributed by atoms with van der Waals surface area (Å²) in [6.07, 6.45) is -0.464. The SMILES string of the molecule is O=C(O)c1nn2c(c1Br)CC(F)(F)C2. The summed E-state index contributed by atoms with van der Waals surface area (Å²) in [6, 6.07) is 0. The number of carbonyl (C=O) groups is 1. The van der Waals surface area contributed by atoms with Crippen LogP contribution in [-0.4, -0.2) is 26.8 Å². The van der Waals surface area contributed by atoms with Crippen molar-refractivity contribution in [3.8, 4) is 0 Å². The largest absolute Gasteiger partial charge is 0.476 e. The molecular formula is C7H5BrF2N2O2. The Labute approximate surface area is 85.6 Å². The lowest BCUT2D eigenvalue weighted by atomic mass is 10.2. The molecule has 1 aliphatic heterocycles. The topological polar surface area (TPSA) is 55.1 Å². The number of fused-ring (bicyclic) bond motifs is 1. The lowest BCUT2D eigenvalue weighted by molar-refractivity contribution is 0.000638. The zero-order valence-corrected chi connectivity index (χ0v) is 8.38. The second-order valence-corrected chi connectivity index (χ2v) is 3.90. The summed E-state index contributed by atoms with van der Waals surface area (Å²) in [5.41, 5.74) is 0.0305. The van der Waals surface area contributed by atoms with E-state index in [2.05, 4.69) is 21.0 Å². The maximum atomic E-state index is 12.9. The van der Waals surface area contributed by atoms with Crippen molar-refractivity contribution in [3.05, 3.63) is 15.9 Å². The molecule has 0 saturated heterocycles. The van der Waals surface area contributed by atoms with Gasteiger partial charge in [-0.05, 0) is 15.9 Å². The minimum absolute atomic E-state index is 0.155. The quantitative estimate of drug-likeness (QED) is 0.839. The molecule has 7 heteroatoms. The Bertz CT molecular complexity index is 416. The van der Waals surface area contributed by atoms with Gasteiger partial charge >= 0.3 is 5.97 Å². The van der Waals surface area contributed by atoms with E-state index in [-0.39, 0.29) is 15.9 Å². The molecule has 1 aromatic heterocycles. The average molecular weight is 267 g/mol. The van der Waals surface area contributed by atoms with Crippen LogP contribution in [0.1, 0.15) is 16.2 Å². The first kappa shape index (κ1) is 9.57. The normalized spacial score (nSPS) is 18.2. The van der Waals surface area contributed by atoms with Crippen LogP contribution < -0.4 is 0 Å². The molecule has 0 unspecified atom stereocenters. The maximum Gasteiger partial charge on any atom is 0.357 e. The Hall–Kier alpha value is -0.980. The van der Waals surface area contributed by atoms with E-state index in [1.807, 2.05) is 0 Å². The van der Waals surface area contributed by atoms with Crippen LogP contribution in [0, 0.1) is 0 Å². The number of halogens is 3. The Morgan fingerprint density at radius 3 is 2.79 bits per heavy atom. The molecule has 0 bridgehead atoms. The van der Waals surface area contributed by atoms with Crippen LogP contribution in [-0.2, 0) is 13.0 Å². The minimum Gasteiger partial charge on any atom is -0.476 e. The van der Waals surface area contributed by atoms with Gasteiger partial charge in [0.1, 0.15) is 6.54 Å². The van der Waals surface area contributed by atoms with Gasteiger partial charge in [-0.1, -0.05) is 0 Å². The molecule has 1 aliphatic rings. The number of aromatic carboxylic acids is 1. The van der Waals surface area contributed by atoms with Crippen molar-refractivity contribution in [2.75, 3.05) is 0 Å². The Morgan fingerprint density at radius 2 is 2.29 bits per heavy atom. The van der Waals surface area contributed by atoms with E-state index in [0.717, 1.165) is 4.68 Å². The molecule has 4 nitrogen and oxygen atoms in total. The van der Waals surface area contributed by atoms with Gasteiger partial charge in [0.05, 0.1) is 16.6 Å². The third-order valence-electron chi connectivity index (χ3n) is 2.00. The molecule has 1 aromatic rings. The molecule has 0 atom stereocenters. The van der Waals surface area contributed by atoms with Gasteiger partial charge in [0, 0.05) is 0 Å². The van der Waals surface area contributed by atoms with Crippen molar-refractivity contribution in [2.45, 2.75) is 18.9 Å². The van der Waals surface area contributed by atoms with E-state index < -0.39 is 24.9 Å². The molecule has 76 valence electrons. The molecular weight excluding hydrogens is 262 g/mol. The lowest BCUT2D eigenvalue weighted by Gasteiger charge is -2.04. The van der Waals surface area contributed by atoms with Gasteiger partial charge in [-0.2, -0.15) is 5.10 Å². The van der Waals surface area contributed by atoms with Crippen LogP contribution in [0.2, 0.25) is 0 Å². The summed E-state index contributed by atoms with van der Waals surface area (Å²) >= 11 is 2.96. The monoisotopic (exact) mass is 266 g/mol. The summed E-state index contributed by atoms with van der Waals surface area (Å²) < 4.78 is 26.9. The molecule has 0 radical (unpaired) electrons. The molecule has 0 aromatic carbocycles. The van der Waals surface area contributed by atoms with Gasteiger partial charge in [-0.25, -0.2) is 13.6 Å². The highest BCUT2D eigenvalue weighted by molar-refractivity contribution is 9.10. The first-order chi connectivity index (χ1) is 6.41. The fraction of sp³-hybridized carbons (Fsp3) is 0.429.